The highest BCUT2D eigenvalue weighted by molar-refractivity contribution is 5.77. The lowest BCUT2D eigenvalue weighted by Crippen LogP contribution is -2.32. The lowest BCUT2D eigenvalue weighted by molar-refractivity contribution is -0.122. The standard InChI is InChI=1S/C16H20N4O/c1-10-16(20-14-5-3-2-4-13(14)18-10)19-12-8-6-11(7-9-12)15(17)21/h2-5,11-12H,6-9H2,1H3,(H2,17,21)(H,19,20). The van der Waals surface area contributed by atoms with Gasteiger partial charge in [0.05, 0.1) is 16.7 Å². The van der Waals surface area contributed by atoms with Crippen LogP contribution in [0, 0.1) is 12.8 Å². The highest BCUT2D eigenvalue weighted by Gasteiger charge is 2.25. The number of hydrogen-bond donors (Lipinski definition) is 2. The van der Waals surface area contributed by atoms with Crippen LogP contribution in [0.5, 0.6) is 0 Å². The van der Waals surface area contributed by atoms with Crippen LogP contribution in [0.15, 0.2) is 24.3 Å². The SMILES string of the molecule is Cc1nc2ccccc2nc1NC1CCC(C(N)=O)CC1. The molecule has 0 spiro atoms. The van der Waals surface area contributed by atoms with Gasteiger partial charge in [0, 0.05) is 12.0 Å². The topological polar surface area (TPSA) is 80.9 Å². The van der Waals surface area contributed by atoms with Crippen LogP contribution in [-0.4, -0.2) is 21.9 Å². The van der Waals surface area contributed by atoms with Crippen molar-refractivity contribution < 1.29 is 4.79 Å². The lowest BCUT2D eigenvalue weighted by Gasteiger charge is -2.28. The molecule has 0 saturated heterocycles. The maximum Gasteiger partial charge on any atom is 0.220 e. The maximum absolute atomic E-state index is 11.2. The molecule has 0 bridgehead atoms. The van der Waals surface area contributed by atoms with Crippen LogP contribution in [-0.2, 0) is 4.79 Å². The average molecular weight is 284 g/mol. The van der Waals surface area contributed by atoms with Crippen molar-refractivity contribution in [1.82, 2.24) is 9.97 Å². The number of fused-ring (bicyclic) bond motifs is 1. The molecule has 1 heterocycles. The number of para-hydroxylation sites is 2. The van der Waals surface area contributed by atoms with Crippen molar-refractivity contribution in [2.75, 3.05) is 5.32 Å². The van der Waals surface area contributed by atoms with Crippen LogP contribution in [0.2, 0.25) is 0 Å². The van der Waals surface area contributed by atoms with Crippen LogP contribution in [0.1, 0.15) is 31.4 Å². The molecule has 5 nitrogen and oxygen atoms in total. The molecule has 5 heteroatoms. The number of benzene rings is 1. The normalized spacial score (nSPS) is 22.1. The number of hydrogen-bond acceptors (Lipinski definition) is 4. The van der Waals surface area contributed by atoms with E-state index in [1.165, 1.54) is 0 Å². The summed E-state index contributed by atoms with van der Waals surface area (Å²) in [5.74, 6) is 0.707. The molecule has 1 aromatic heterocycles. The smallest absolute Gasteiger partial charge is 0.220 e. The Hall–Kier alpha value is -2.17. The van der Waals surface area contributed by atoms with Crippen molar-refractivity contribution in [3.05, 3.63) is 30.0 Å². The van der Waals surface area contributed by atoms with Gasteiger partial charge in [-0.15, -0.1) is 0 Å². The monoisotopic (exact) mass is 284 g/mol. The molecule has 110 valence electrons. The summed E-state index contributed by atoms with van der Waals surface area (Å²) in [6, 6.07) is 8.21. The summed E-state index contributed by atoms with van der Waals surface area (Å²) in [5.41, 5.74) is 8.09. The van der Waals surface area contributed by atoms with Gasteiger partial charge in [0.25, 0.3) is 0 Å². The van der Waals surface area contributed by atoms with Crippen molar-refractivity contribution in [2.24, 2.45) is 11.7 Å². The molecule has 0 unspecified atom stereocenters. The van der Waals surface area contributed by atoms with Crippen LogP contribution in [0.3, 0.4) is 0 Å². The van der Waals surface area contributed by atoms with E-state index in [0.29, 0.717) is 6.04 Å². The predicted molar refractivity (Wildman–Crippen MR) is 82.8 cm³/mol. The minimum atomic E-state index is -0.171. The van der Waals surface area contributed by atoms with Crippen molar-refractivity contribution in [2.45, 2.75) is 38.6 Å². The van der Waals surface area contributed by atoms with Gasteiger partial charge in [-0.25, -0.2) is 9.97 Å². The third-order valence-electron chi connectivity index (χ3n) is 4.22. The maximum atomic E-state index is 11.2. The molecule has 0 atom stereocenters. The Labute approximate surface area is 124 Å². The van der Waals surface area contributed by atoms with Crippen molar-refractivity contribution in [3.8, 4) is 0 Å². The highest BCUT2D eigenvalue weighted by Crippen LogP contribution is 2.27. The number of anilines is 1. The molecular weight excluding hydrogens is 264 g/mol. The number of nitrogens with zero attached hydrogens (tertiary/aromatic N) is 2. The molecule has 0 aliphatic heterocycles. The van der Waals surface area contributed by atoms with E-state index in [2.05, 4.69) is 15.3 Å². The molecule has 2 aromatic rings. The Morgan fingerprint density at radius 2 is 1.76 bits per heavy atom. The Morgan fingerprint density at radius 3 is 2.38 bits per heavy atom. The van der Waals surface area contributed by atoms with Gasteiger partial charge >= 0.3 is 0 Å². The molecule has 1 saturated carbocycles. The number of carbonyl (C=O) groups excluding carboxylic acids is 1. The van der Waals surface area contributed by atoms with E-state index in [-0.39, 0.29) is 11.8 Å². The third kappa shape index (κ3) is 2.96. The zero-order valence-corrected chi connectivity index (χ0v) is 12.2. The van der Waals surface area contributed by atoms with E-state index < -0.39 is 0 Å². The van der Waals surface area contributed by atoms with E-state index in [9.17, 15) is 4.79 Å². The first kappa shape index (κ1) is 13.8. The van der Waals surface area contributed by atoms with E-state index in [4.69, 9.17) is 5.73 Å². The number of rotatable bonds is 3. The molecular formula is C16H20N4O. The number of aryl methyl sites for hydroxylation is 1. The molecule has 3 N–H and O–H groups in total. The predicted octanol–water partition coefficient (Wildman–Crippen LogP) is 2.39. The number of amides is 1. The molecule has 21 heavy (non-hydrogen) atoms. The first-order chi connectivity index (χ1) is 10.1. The first-order valence-electron chi connectivity index (χ1n) is 7.42. The summed E-state index contributed by atoms with van der Waals surface area (Å²) in [6.45, 7) is 1.97. The number of nitrogens with one attached hydrogen (secondary N) is 1. The summed E-state index contributed by atoms with van der Waals surface area (Å²) >= 11 is 0. The zero-order chi connectivity index (χ0) is 14.8. The Balaban J connectivity index is 1.73. The third-order valence-corrected chi connectivity index (χ3v) is 4.22. The Morgan fingerprint density at radius 1 is 1.14 bits per heavy atom. The van der Waals surface area contributed by atoms with Crippen LogP contribution < -0.4 is 11.1 Å². The van der Waals surface area contributed by atoms with E-state index in [1.807, 2.05) is 31.2 Å². The summed E-state index contributed by atoms with van der Waals surface area (Å²) < 4.78 is 0. The van der Waals surface area contributed by atoms with E-state index in [0.717, 1.165) is 48.2 Å². The van der Waals surface area contributed by atoms with Crippen molar-refractivity contribution in [3.63, 3.8) is 0 Å². The summed E-state index contributed by atoms with van der Waals surface area (Å²) in [6.07, 6.45) is 3.60. The average Bonchev–Trinajstić information content (AvgIpc) is 2.48. The zero-order valence-electron chi connectivity index (χ0n) is 12.2. The second-order valence-corrected chi connectivity index (χ2v) is 5.74. The molecule has 1 aliphatic carbocycles. The summed E-state index contributed by atoms with van der Waals surface area (Å²) in [4.78, 5) is 20.4. The molecule has 1 fully saturated rings. The van der Waals surface area contributed by atoms with Crippen LogP contribution in [0.4, 0.5) is 5.82 Å². The van der Waals surface area contributed by atoms with E-state index in [1.54, 1.807) is 0 Å². The Bertz CT molecular complexity index is 662. The van der Waals surface area contributed by atoms with Crippen LogP contribution in [0.25, 0.3) is 11.0 Å². The number of aromatic nitrogens is 2. The number of carbonyl (C=O) groups is 1. The minimum absolute atomic E-state index is 0.0341. The minimum Gasteiger partial charge on any atom is -0.369 e. The fourth-order valence-corrected chi connectivity index (χ4v) is 2.94. The molecule has 1 aliphatic rings. The van der Waals surface area contributed by atoms with Gasteiger partial charge in [0.15, 0.2) is 0 Å². The van der Waals surface area contributed by atoms with Gasteiger partial charge in [-0.2, -0.15) is 0 Å². The number of primary amides is 1. The highest BCUT2D eigenvalue weighted by atomic mass is 16.1. The van der Waals surface area contributed by atoms with Crippen molar-refractivity contribution in [1.29, 1.82) is 0 Å². The van der Waals surface area contributed by atoms with Gasteiger partial charge in [-0.1, -0.05) is 12.1 Å². The van der Waals surface area contributed by atoms with Crippen LogP contribution >= 0.6 is 0 Å². The van der Waals surface area contributed by atoms with E-state index >= 15 is 0 Å². The van der Waals surface area contributed by atoms with Crippen molar-refractivity contribution >= 4 is 22.8 Å². The second-order valence-electron chi connectivity index (χ2n) is 5.74. The molecule has 3 rings (SSSR count). The largest absolute Gasteiger partial charge is 0.369 e. The van der Waals surface area contributed by atoms with Gasteiger partial charge in [0.1, 0.15) is 5.82 Å². The summed E-state index contributed by atoms with van der Waals surface area (Å²) in [5, 5.41) is 3.48. The van der Waals surface area contributed by atoms with Gasteiger partial charge < -0.3 is 11.1 Å². The molecule has 1 aromatic carbocycles. The van der Waals surface area contributed by atoms with Gasteiger partial charge in [0.2, 0.25) is 5.91 Å². The lowest BCUT2D eigenvalue weighted by atomic mass is 9.85. The number of nitrogens with two attached hydrogens (primary N) is 1. The molecule has 1 amide bonds. The Kier molecular flexibility index (Phi) is 3.73. The second kappa shape index (κ2) is 5.68. The quantitative estimate of drug-likeness (QED) is 0.906. The fourth-order valence-electron chi connectivity index (χ4n) is 2.94. The first-order valence-corrected chi connectivity index (χ1v) is 7.42. The van der Waals surface area contributed by atoms with Gasteiger partial charge in [-0.05, 0) is 44.7 Å². The summed E-state index contributed by atoms with van der Waals surface area (Å²) in [7, 11) is 0. The molecule has 0 radical (unpaired) electrons. The van der Waals surface area contributed by atoms with Gasteiger partial charge in [-0.3, -0.25) is 4.79 Å². The fraction of sp³-hybridized carbons (Fsp3) is 0.438.